The lowest BCUT2D eigenvalue weighted by Crippen LogP contribution is -2.41. The van der Waals surface area contributed by atoms with Crippen molar-refractivity contribution < 1.29 is 19.4 Å². The molecule has 15 heavy (non-hydrogen) atoms. The summed E-state index contributed by atoms with van der Waals surface area (Å²) < 4.78 is 4.79. The van der Waals surface area contributed by atoms with E-state index in [2.05, 4.69) is 5.32 Å². The second kappa shape index (κ2) is 8.19. The number of hydrogen-bond acceptors (Lipinski definition) is 4. The van der Waals surface area contributed by atoms with Gasteiger partial charge >= 0.3 is 5.97 Å². The van der Waals surface area contributed by atoms with Crippen LogP contribution in [0.25, 0.3) is 0 Å². The number of carbonyl (C=O) groups excluding carboxylic acids is 1. The predicted octanol–water partition coefficient (Wildman–Crippen LogP) is -0.844. The van der Waals surface area contributed by atoms with Gasteiger partial charge in [-0.15, -0.1) is 0 Å². The van der Waals surface area contributed by atoms with Gasteiger partial charge in [-0.3, -0.25) is 9.59 Å². The molecule has 0 aromatic rings. The first-order chi connectivity index (χ1) is 7.11. The van der Waals surface area contributed by atoms with Crippen molar-refractivity contribution >= 4 is 11.9 Å². The van der Waals surface area contributed by atoms with Crippen LogP contribution in [-0.2, 0) is 14.3 Å². The van der Waals surface area contributed by atoms with Gasteiger partial charge in [0.15, 0.2) is 0 Å². The number of hydrogen-bond donors (Lipinski definition) is 2. The molecule has 0 saturated carbocycles. The minimum atomic E-state index is -0.998. The fourth-order valence-electron chi connectivity index (χ4n) is 1.02. The van der Waals surface area contributed by atoms with Crippen LogP contribution in [-0.4, -0.2) is 61.8 Å². The Morgan fingerprint density at radius 3 is 2.60 bits per heavy atom. The summed E-state index contributed by atoms with van der Waals surface area (Å²) in [6.07, 6.45) is 0. The van der Waals surface area contributed by atoms with Crippen molar-refractivity contribution in [2.75, 3.05) is 39.9 Å². The largest absolute Gasteiger partial charge is 0.480 e. The molecule has 0 rings (SSSR count). The van der Waals surface area contributed by atoms with Crippen LogP contribution < -0.4 is 5.32 Å². The lowest BCUT2D eigenvalue weighted by molar-refractivity contribution is -0.143. The highest BCUT2D eigenvalue weighted by molar-refractivity contribution is 5.82. The predicted molar refractivity (Wildman–Crippen MR) is 54.6 cm³/mol. The van der Waals surface area contributed by atoms with Crippen molar-refractivity contribution in [3.63, 3.8) is 0 Å². The van der Waals surface area contributed by atoms with E-state index in [1.807, 2.05) is 0 Å². The monoisotopic (exact) mass is 218 g/mol. The number of likely N-dealkylation sites (N-methyl/N-ethyl adjacent to an activating group) is 1. The molecule has 0 aliphatic carbocycles. The lowest BCUT2D eigenvalue weighted by atomic mass is 10.4. The number of ether oxygens (including phenoxy) is 1. The Balaban J connectivity index is 3.78. The Hall–Kier alpha value is -1.14. The molecule has 0 aliphatic rings. The SMILES string of the molecule is CCN(CC(=O)O)C(=O)CNCCOC. The molecule has 0 unspecified atom stereocenters. The summed E-state index contributed by atoms with van der Waals surface area (Å²) in [7, 11) is 1.58. The van der Waals surface area contributed by atoms with Crippen LogP contribution in [0.5, 0.6) is 0 Å². The number of methoxy groups -OCH3 is 1. The number of nitrogens with one attached hydrogen (secondary N) is 1. The highest BCUT2D eigenvalue weighted by atomic mass is 16.5. The van der Waals surface area contributed by atoms with E-state index in [0.717, 1.165) is 0 Å². The number of carbonyl (C=O) groups is 2. The molecule has 6 nitrogen and oxygen atoms in total. The average Bonchev–Trinajstić information content (AvgIpc) is 2.20. The van der Waals surface area contributed by atoms with Gasteiger partial charge in [-0.25, -0.2) is 0 Å². The quantitative estimate of drug-likeness (QED) is 0.519. The topological polar surface area (TPSA) is 78.9 Å². The Bertz CT molecular complexity index is 208. The Morgan fingerprint density at radius 1 is 1.47 bits per heavy atom. The molecule has 0 bridgehead atoms. The molecule has 0 aromatic carbocycles. The van der Waals surface area contributed by atoms with Gasteiger partial charge in [0.25, 0.3) is 0 Å². The van der Waals surface area contributed by atoms with Gasteiger partial charge in [-0.1, -0.05) is 0 Å². The van der Waals surface area contributed by atoms with Crippen molar-refractivity contribution in [3.05, 3.63) is 0 Å². The molecule has 0 heterocycles. The summed E-state index contributed by atoms with van der Waals surface area (Å²) in [5.41, 5.74) is 0. The molecule has 0 spiro atoms. The van der Waals surface area contributed by atoms with Crippen LogP contribution in [0, 0.1) is 0 Å². The summed E-state index contributed by atoms with van der Waals surface area (Å²) in [5, 5.41) is 11.4. The minimum Gasteiger partial charge on any atom is -0.480 e. The van der Waals surface area contributed by atoms with E-state index < -0.39 is 5.97 Å². The third-order valence-corrected chi connectivity index (χ3v) is 1.82. The summed E-state index contributed by atoms with van der Waals surface area (Å²) in [6, 6.07) is 0. The number of rotatable bonds is 8. The van der Waals surface area contributed by atoms with Crippen molar-refractivity contribution in [2.45, 2.75) is 6.92 Å². The smallest absolute Gasteiger partial charge is 0.323 e. The zero-order valence-corrected chi connectivity index (χ0v) is 9.15. The van der Waals surface area contributed by atoms with Gasteiger partial charge in [0.1, 0.15) is 6.54 Å². The van der Waals surface area contributed by atoms with E-state index >= 15 is 0 Å². The summed E-state index contributed by atoms with van der Waals surface area (Å²) in [6.45, 7) is 3.14. The number of aliphatic carboxylic acids is 1. The zero-order valence-electron chi connectivity index (χ0n) is 9.15. The molecule has 88 valence electrons. The van der Waals surface area contributed by atoms with E-state index in [4.69, 9.17) is 9.84 Å². The molecule has 6 heteroatoms. The van der Waals surface area contributed by atoms with E-state index in [1.165, 1.54) is 4.90 Å². The summed E-state index contributed by atoms with van der Waals surface area (Å²) in [5.74, 6) is -1.21. The Labute approximate surface area is 89.2 Å². The number of nitrogens with zero attached hydrogens (tertiary/aromatic N) is 1. The Morgan fingerprint density at radius 2 is 2.13 bits per heavy atom. The van der Waals surface area contributed by atoms with Crippen LogP contribution in [0.15, 0.2) is 0 Å². The molecule has 0 atom stereocenters. The zero-order chi connectivity index (χ0) is 11.7. The average molecular weight is 218 g/mol. The van der Waals surface area contributed by atoms with Crippen molar-refractivity contribution in [1.29, 1.82) is 0 Å². The van der Waals surface area contributed by atoms with Crippen LogP contribution >= 0.6 is 0 Å². The van der Waals surface area contributed by atoms with Gasteiger partial charge in [0.05, 0.1) is 13.2 Å². The normalized spacial score (nSPS) is 10.0. The maximum absolute atomic E-state index is 11.4. The summed E-state index contributed by atoms with van der Waals surface area (Å²) >= 11 is 0. The fourth-order valence-corrected chi connectivity index (χ4v) is 1.02. The lowest BCUT2D eigenvalue weighted by Gasteiger charge is -2.18. The fraction of sp³-hybridized carbons (Fsp3) is 0.778. The number of amides is 1. The minimum absolute atomic E-state index is 0.143. The molecule has 2 N–H and O–H groups in total. The maximum Gasteiger partial charge on any atom is 0.323 e. The third-order valence-electron chi connectivity index (χ3n) is 1.82. The molecular weight excluding hydrogens is 200 g/mol. The maximum atomic E-state index is 11.4. The highest BCUT2D eigenvalue weighted by Gasteiger charge is 2.13. The molecule has 0 fully saturated rings. The van der Waals surface area contributed by atoms with Gasteiger partial charge < -0.3 is 20.1 Å². The molecule has 0 aliphatic heterocycles. The van der Waals surface area contributed by atoms with E-state index in [0.29, 0.717) is 19.7 Å². The first-order valence-electron chi connectivity index (χ1n) is 4.81. The number of carboxylic acid groups (broad SMARTS) is 1. The van der Waals surface area contributed by atoms with Crippen LogP contribution in [0.4, 0.5) is 0 Å². The van der Waals surface area contributed by atoms with Gasteiger partial charge in [-0.05, 0) is 6.92 Å². The van der Waals surface area contributed by atoms with Crippen molar-refractivity contribution in [3.8, 4) is 0 Å². The van der Waals surface area contributed by atoms with Gasteiger partial charge in [-0.2, -0.15) is 0 Å². The van der Waals surface area contributed by atoms with Crippen molar-refractivity contribution in [2.24, 2.45) is 0 Å². The first kappa shape index (κ1) is 13.9. The third kappa shape index (κ3) is 6.87. The van der Waals surface area contributed by atoms with Crippen molar-refractivity contribution in [1.82, 2.24) is 10.2 Å². The van der Waals surface area contributed by atoms with Crippen LogP contribution in [0.2, 0.25) is 0 Å². The second-order valence-corrected chi connectivity index (χ2v) is 2.97. The van der Waals surface area contributed by atoms with E-state index in [9.17, 15) is 9.59 Å². The highest BCUT2D eigenvalue weighted by Crippen LogP contribution is 1.88. The molecule has 0 radical (unpaired) electrons. The van der Waals surface area contributed by atoms with E-state index in [1.54, 1.807) is 14.0 Å². The van der Waals surface area contributed by atoms with Gasteiger partial charge in [0.2, 0.25) is 5.91 Å². The summed E-state index contributed by atoms with van der Waals surface area (Å²) in [4.78, 5) is 23.1. The first-order valence-corrected chi connectivity index (χ1v) is 4.81. The second-order valence-electron chi connectivity index (χ2n) is 2.97. The molecular formula is C9H18N2O4. The van der Waals surface area contributed by atoms with Gasteiger partial charge in [0, 0.05) is 20.2 Å². The Kier molecular flexibility index (Phi) is 7.57. The molecule has 0 saturated heterocycles. The number of carboxylic acids is 1. The standard InChI is InChI=1S/C9H18N2O4/c1-3-11(7-9(13)14)8(12)6-10-4-5-15-2/h10H,3-7H2,1-2H3,(H,13,14). The van der Waals surface area contributed by atoms with E-state index in [-0.39, 0.29) is 19.0 Å². The molecule has 1 amide bonds. The van der Waals surface area contributed by atoms with Crippen LogP contribution in [0.1, 0.15) is 6.92 Å². The van der Waals surface area contributed by atoms with Crippen LogP contribution in [0.3, 0.4) is 0 Å². The molecule has 0 aromatic heterocycles.